The maximum Gasteiger partial charge on any atom is 0.189 e. The smallest absolute Gasteiger partial charge is 0.189 e. The van der Waals surface area contributed by atoms with Gasteiger partial charge in [-0.1, -0.05) is 18.5 Å². The van der Waals surface area contributed by atoms with Crippen LogP contribution in [0.25, 0.3) is 0 Å². The molecule has 0 bridgehead atoms. The zero-order valence-electron chi connectivity index (χ0n) is 11.6. The molecule has 1 aromatic rings. The molecule has 2 atom stereocenters. The van der Waals surface area contributed by atoms with E-state index >= 15 is 0 Å². The Bertz CT molecular complexity index is 494. The van der Waals surface area contributed by atoms with Crippen molar-refractivity contribution in [2.45, 2.75) is 32.6 Å². The summed E-state index contributed by atoms with van der Waals surface area (Å²) in [5, 5.41) is 10.7. The normalized spacial score (nSPS) is 26.9. The number of fused-ring (bicyclic) bond motifs is 1. The van der Waals surface area contributed by atoms with E-state index in [4.69, 9.17) is 21.1 Å². The topological polar surface area (TPSA) is 41.9 Å². The van der Waals surface area contributed by atoms with Crippen molar-refractivity contribution >= 4 is 11.6 Å². The molecule has 4 nitrogen and oxygen atoms in total. The van der Waals surface area contributed by atoms with Crippen molar-refractivity contribution in [1.29, 1.82) is 0 Å². The second-order valence-corrected chi connectivity index (χ2v) is 6.17. The average molecular weight is 298 g/mol. The number of hydrogen-bond acceptors (Lipinski definition) is 4. The summed E-state index contributed by atoms with van der Waals surface area (Å²) in [6.07, 6.45) is 0.775. The van der Waals surface area contributed by atoms with Crippen LogP contribution in [-0.4, -0.2) is 36.0 Å². The highest BCUT2D eigenvalue weighted by Gasteiger charge is 2.26. The van der Waals surface area contributed by atoms with Gasteiger partial charge in [0.2, 0.25) is 0 Å². The fourth-order valence-corrected chi connectivity index (χ4v) is 3.14. The highest BCUT2D eigenvalue weighted by molar-refractivity contribution is 6.30. The van der Waals surface area contributed by atoms with Crippen LogP contribution >= 0.6 is 11.6 Å². The number of β-amino-alcohol motifs (C(OH)–C–C–N with tert-alkyl or cyclic N) is 1. The molecule has 0 radical (unpaired) electrons. The lowest BCUT2D eigenvalue weighted by atomic mass is 9.95. The molecule has 110 valence electrons. The van der Waals surface area contributed by atoms with E-state index in [-0.39, 0.29) is 6.10 Å². The number of benzene rings is 1. The quantitative estimate of drug-likeness (QED) is 0.910. The third-order valence-corrected chi connectivity index (χ3v) is 4.37. The first kappa shape index (κ1) is 14.1. The van der Waals surface area contributed by atoms with Crippen LogP contribution in [-0.2, 0) is 17.9 Å². The number of rotatable bonds is 2. The van der Waals surface area contributed by atoms with Gasteiger partial charge in [-0.25, -0.2) is 0 Å². The second kappa shape index (κ2) is 5.90. The molecular weight excluding hydrogens is 278 g/mol. The molecular formula is C15H20ClNO3. The molecule has 1 fully saturated rings. The first-order valence-corrected chi connectivity index (χ1v) is 7.43. The lowest BCUT2D eigenvalue weighted by Crippen LogP contribution is -2.42. The molecule has 2 aliphatic heterocycles. The van der Waals surface area contributed by atoms with E-state index in [1.807, 2.05) is 12.1 Å². The SMILES string of the molecule is CC1CCN(Cc2cc(Cl)cc3c2OCOC3)CC1O. The van der Waals surface area contributed by atoms with Gasteiger partial charge in [-0.2, -0.15) is 0 Å². The molecule has 20 heavy (non-hydrogen) atoms. The standard InChI is InChI=1S/C15H20ClNO3/c1-10-2-3-17(7-14(10)18)6-11-4-13(16)5-12-8-19-9-20-15(11)12/h4-5,10,14,18H,2-3,6-9H2,1H3. The van der Waals surface area contributed by atoms with Crippen molar-refractivity contribution in [2.75, 3.05) is 19.9 Å². The van der Waals surface area contributed by atoms with Crippen molar-refractivity contribution in [3.8, 4) is 5.75 Å². The molecule has 1 N–H and O–H groups in total. The Morgan fingerprint density at radius 2 is 2.30 bits per heavy atom. The monoisotopic (exact) mass is 297 g/mol. The van der Waals surface area contributed by atoms with E-state index in [1.54, 1.807) is 0 Å². The maximum atomic E-state index is 10.0. The number of piperidine rings is 1. The number of ether oxygens (including phenoxy) is 2. The molecule has 0 spiro atoms. The van der Waals surface area contributed by atoms with Gasteiger partial charge >= 0.3 is 0 Å². The molecule has 1 saturated heterocycles. The second-order valence-electron chi connectivity index (χ2n) is 5.73. The van der Waals surface area contributed by atoms with Crippen molar-refractivity contribution in [2.24, 2.45) is 5.92 Å². The first-order chi connectivity index (χ1) is 9.63. The van der Waals surface area contributed by atoms with Gasteiger partial charge in [0.15, 0.2) is 6.79 Å². The van der Waals surface area contributed by atoms with Crippen LogP contribution in [0.3, 0.4) is 0 Å². The molecule has 2 unspecified atom stereocenters. The third-order valence-electron chi connectivity index (χ3n) is 4.15. The van der Waals surface area contributed by atoms with Gasteiger partial charge < -0.3 is 14.6 Å². The third kappa shape index (κ3) is 2.93. The summed E-state index contributed by atoms with van der Waals surface area (Å²) in [7, 11) is 0. The first-order valence-electron chi connectivity index (χ1n) is 7.06. The van der Waals surface area contributed by atoms with E-state index in [0.717, 1.165) is 36.4 Å². The Morgan fingerprint density at radius 1 is 1.45 bits per heavy atom. The van der Waals surface area contributed by atoms with E-state index in [9.17, 15) is 5.11 Å². The summed E-state index contributed by atoms with van der Waals surface area (Å²) in [4.78, 5) is 2.26. The Hall–Kier alpha value is -0.810. The summed E-state index contributed by atoms with van der Waals surface area (Å²) in [5.41, 5.74) is 2.09. The highest BCUT2D eigenvalue weighted by Crippen LogP contribution is 2.33. The van der Waals surface area contributed by atoms with Crippen LogP contribution in [0.5, 0.6) is 5.75 Å². The van der Waals surface area contributed by atoms with E-state index in [2.05, 4.69) is 11.8 Å². The number of aliphatic hydroxyl groups excluding tert-OH is 1. The number of likely N-dealkylation sites (tertiary alicyclic amines) is 1. The molecule has 2 aliphatic rings. The minimum atomic E-state index is -0.247. The molecule has 0 amide bonds. The van der Waals surface area contributed by atoms with E-state index in [0.29, 0.717) is 30.9 Å². The number of halogens is 1. The van der Waals surface area contributed by atoms with Crippen LogP contribution < -0.4 is 4.74 Å². The Balaban J connectivity index is 1.78. The summed E-state index contributed by atoms with van der Waals surface area (Å²) >= 11 is 6.17. The molecule has 0 aromatic heterocycles. The maximum absolute atomic E-state index is 10.0. The molecule has 2 heterocycles. The van der Waals surface area contributed by atoms with Crippen molar-refractivity contribution in [3.63, 3.8) is 0 Å². The summed E-state index contributed by atoms with van der Waals surface area (Å²) in [6, 6.07) is 3.85. The molecule has 0 aliphatic carbocycles. The van der Waals surface area contributed by atoms with E-state index < -0.39 is 0 Å². The van der Waals surface area contributed by atoms with Crippen molar-refractivity contribution in [3.05, 3.63) is 28.3 Å². The van der Waals surface area contributed by atoms with Gasteiger partial charge in [-0.05, 0) is 31.0 Å². The van der Waals surface area contributed by atoms with Gasteiger partial charge in [-0.15, -0.1) is 0 Å². The molecule has 3 rings (SSSR count). The predicted molar refractivity (Wildman–Crippen MR) is 76.8 cm³/mol. The number of aliphatic hydroxyl groups is 1. The lowest BCUT2D eigenvalue weighted by molar-refractivity contribution is -0.0183. The van der Waals surface area contributed by atoms with Gasteiger partial charge in [0, 0.05) is 29.2 Å². The van der Waals surface area contributed by atoms with Crippen LogP contribution in [0.15, 0.2) is 12.1 Å². The van der Waals surface area contributed by atoms with Gasteiger partial charge in [-0.3, -0.25) is 4.90 Å². The number of nitrogens with zero attached hydrogens (tertiary/aromatic N) is 1. The van der Waals surface area contributed by atoms with Crippen LogP contribution in [0.2, 0.25) is 5.02 Å². The van der Waals surface area contributed by atoms with Crippen LogP contribution in [0, 0.1) is 5.92 Å². The predicted octanol–water partition coefficient (Wildman–Crippen LogP) is 2.41. The summed E-state index contributed by atoms with van der Waals surface area (Å²) in [6.45, 7) is 5.40. The van der Waals surface area contributed by atoms with Crippen molar-refractivity contribution in [1.82, 2.24) is 4.90 Å². The van der Waals surface area contributed by atoms with Crippen molar-refractivity contribution < 1.29 is 14.6 Å². The van der Waals surface area contributed by atoms with Gasteiger partial charge in [0.25, 0.3) is 0 Å². The number of hydrogen-bond donors (Lipinski definition) is 1. The molecule has 1 aromatic carbocycles. The minimum Gasteiger partial charge on any atom is -0.467 e. The van der Waals surface area contributed by atoms with Crippen LogP contribution in [0.4, 0.5) is 0 Å². The Morgan fingerprint density at radius 3 is 3.10 bits per heavy atom. The van der Waals surface area contributed by atoms with Crippen LogP contribution in [0.1, 0.15) is 24.5 Å². The fraction of sp³-hybridized carbons (Fsp3) is 0.600. The molecule has 0 saturated carbocycles. The Kier molecular flexibility index (Phi) is 4.17. The molecule has 5 heteroatoms. The van der Waals surface area contributed by atoms with Gasteiger partial charge in [0.1, 0.15) is 5.75 Å². The highest BCUT2D eigenvalue weighted by atomic mass is 35.5. The average Bonchev–Trinajstić information content (AvgIpc) is 2.43. The largest absolute Gasteiger partial charge is 0.467 e. The van der Waals surface area contributed by atoms with E-state index in [1.165, 1.54) is 0 Å². The minimum absolute atomic E-state index is 0.247. The summed E-state index contributed by atoms with van der Waals surface area (Å²) in [5.74, 6) is 1.28. The lowest BCUT2D eigenvalue weighted by Gasteiger charge is -2.35. The Labute approximate surface area is 124 Å². The van der Waals surface area contributed by atoms with Gasteiger partial charge in [0.05, 0.1) is 12.7 Å². The fourth-order valence-electron chi connectivity index (χ4n) is 2.87. The summed E-state index contributed by atoms with van der Waals surface area (Å²) < 4.78 is 10.9. The zero-order valence-corrected chi connectivity index (χ0v) is 12.4. The zero-order chi connectivity index (χ0) is 14.1.